The number of nitrogens with zero attached hydrogens (tertiary/aromatic N) is 3. The Bertz CT molecular complexity index is 1210. The summed E-state index contributed by atoms with van der Waals surface area (Å²) < 4.78 is 72.3. The van der Waals surface area contributed by atoms with Crippen LogP contribution in [0.5, 0.6) is 0 Å². The number of hydrogen-bond acceptors (Lipinski definition) is 6. The zero-order valence-corrected chi connectivity index (χ0v) is 19.4. The van der Waals surface area contributed by atoms with Crippen LogP contribution in [0.2, 0.25) is 0 Å². The highest BCUT2D eigenvalue weighted by molar-refractivity contribution is 7.89. The first-order valence-corrected chi connectivity index (χ1v) is 12.0. The van der Waals surface area contributed by atoms with Crippen LogP contribution >= 0.6 is 0 Å². The Kier molecular flexibility index (Phi) is 6.25. The van der Waals surface area contributed by atoms with Gasteiger partial charge in [0.15, 0.2) is 0 Å². The molecule has 1 N–H and O–H groups in total. The van der Waals surface area contributed by atoms with E-state index in [2.05, 4.69) is 0 Å². The van der Waals surface area contributed by atoms with Crippen molar-refractivity contribution in [3.8, 4) is 0 Å². The van der Waals surface area contributed by atoms with Crippen molar-refractivity contribution in [1.29, 1.82) is 0 Å². The van der Waals surface area contributed by atoms with E-state index in [1.807, 2.05) is 25.1 Å². The minimum absolute atomic E-state index is 0.0492. The summed E-state index contributed by atoms with van der Waals surface area (Å²) in [7, 11) is -3.15. The highest BCUT2D eigenvalue weighted by Crippen LogP contribution is 2.38. The van der Waals surface area contributed by atoms with Crippen molar-refractivity contribution >= 4 is 27.5 Å². The highest BCUT2D eigenvalue weighted by Gasteiger charge is 2.39. The summed E-state index contributed by atoms with van der Waals surface area (Å²) in [6.45, 7) is 2.16. The maximum atomic E-state index is 13.3. The number of fused-ring (bicyclic) bond motifs is 1. The van der Waals surface area contributed by atoms with Gasteiger partial charge in [0, 0.05) is 31.7 Å². The predicted molar refractivity (Wildman–Crippen MR) is 117 cm³/mol. The Morgan fingerprint density at radius 3 is 2.44 bits per heavy atom. The maximum absolute atomic E-state index is 13.3. The molecule has 0 radical (unpaired) electrons. The number of rotatable bonds is 4. The monoisotopic (exact) mass is 499 g/mol. The van der Waals surface area contributed by atoms with Crippen molar-refractivity contribution in [2.75, 3.05) is 30.1 Å². The van der Waals surface area contributed by atoms with Crippen molar-refractivity contribution in [1.82, 2.24) is 4.31 Å². The maximum Gasteiger partial charge on any atom is 0.416 e. The van der Waals surface area contributed by atoms with Gasteiger partial charge in [0.2, 0.25) is 10.0 Å². The molecule has 0 aliphatic carbocycles. The normalized spacial score (nSPS) is 17.9. The van der Waals surface area contributed by atoms with Crippen LogP contribution < -0.4 is 9.96 Å². The van der Waals surface area contributed by atoms with Gasteiger partial charge in [-0.2, -0.15) is 17.5 Å². The lowest BCUT2D eigenvalue weighted by molar-refractivity contribution is -0.137. The lowest BCUT2D eigenvalue weighted by Crippen LogP contribution is -2.50. The van der Waals surface area contributed by atoms with Crippen LogP contribution in [-0.4, -0.2) is 50.2 Å². The van der Waals surface area contributed by atoms with Gasteiger partial charge in [0.25, 0.3) is 0 Å². The third kappa shape index (κ3) is 4.32. The molecule has 12 heteroatoms. The average molecular weight is 500 g/mol. The number of benzene rings is 2. The number of amides is 1. The molecule has 4 rings (SSSR count). The summed E-state index contributed by atoms with van der Waals surface area (Å²) in [5.41, 5.74) is 1.01. The summed E-state index contributed by atoms with van der Waals surface area (Å²) in [4.78, 5) is 13.7. The summed E-state index contributed by atoms with van der Waals surface area (Å²) in [5, 5.41) is 10.2. The van der Waals surface area contributed by atoms with Crippen molar-refractivity contribution in [3.05, 3.63) is 53.1 Å². The first kappa shape index (κ1) is 24.3. The van der Waals surface area contributed by atoms with Gasteiger partial charge in [-0.05, 0) is 43.5 Å². The van der Waals surface area contributed by atoms with Crippen LogP contribution in [0.4, 0.5) is 29.3 Å². The Hall–Kier alpha value is -2.83. The second-order valence-corrected chi connectivity index (χ2v) is 10.3. The number of carbonyl (C=O) groups is 1. The largest absolute Gasteiger partial charge is 0.444 e. The number of ether oxygens (including phenoxy) is 1. The highest BCUT2D eigenvalue weighted by atomic mass is 32.2. The predicted octanol–water partition coefficient (Wildman–Crippen LogP) is 4.15. The summed E-state index contributed by atoms with van der Waals surface area (Å²) >= 11 is 0. The molecule has 2 aliphatic heterocycles. The Labute approximate surface area is 195 Å². The zero-order valence-electron chi connectivity index (χ0n) is 18.5. The topological polar surface area (TPSA) is 90.4 Å². The minimum Gasteiger partial charge on any atom is -0.444 e. The Balaban J connectivity index is 1.58. The Morgan fingerprint density at radius 1 is 1.15 bits per heavy atom. The second-order valence-electron chi connectivity index (χ2n) is 8.35. The molecule has 2 aliphatic rings. The number of sulfonamides is 1. The van der Waals surface area contributed by atoms with Crippen LogP contribution in [0.3, 0.4) is 0 Å². The van der Waals surface area contributed by atoms with E-state index >= 15 is 0 Å². The van der Waals surface area contributed by atoms with Gasteiger partial charge in [-0.1, -0.05) is 18.2 Å². The number of carbonyl (C=O) groups excluding carboxylic acids is 1. The van der Waals surface area contributed by atoms with Crippen molar-refractivity contribution in [2.24, 2.45) is 0 Å². The van der Waals surface area contributed by atoms with Crippen LogP contribution in [0, 0.1) is 6.92 Å². The van der Waals surface area contributed by atoms with Gasteiger partial charge in [-0.25, -0.2) is 13.2 Å². The molecular formula is C22H24F3N3O5S. The molecule has 0 atom stereocenters. The molecule has 2 aromatic rings. The molecule has 1 fully saturated rings. The molecule has 2 heterocycles. The number of cyclic esters (lactones) is 1. The number of hydroxylamine groups is 1. The second kappa shape index (κ2) is 8.75. The summed E-state index contributed by atoms with van der Waals surface area (Å²) in [6, 6.07) is 7.47. The lowest BCUT2D eigenvalue weighted by Gasteiger charge is -2.40. The minimum atomic E-state index is -4.69. The van der Waals surface area contributed by atoms with Crippen molar-refractivity contribution in [3.63, 3.8) is 0 Å². The van der Waals surface area contributed by atoms with Gasteiger partial charge in [0.05, 0.1) is 16.9 Å². The smallest absolute Gasteiger partial charge is 0.416 e. The number of halogens is 3. The van der Waals surface area contributed by atoms with E-state index in [0.717, 1.165) is 34.2 Å². The molecule has 0 unspecified atom stereocenters. The van der Waals surface area contributed by atoms with E-state index < -0.39 is 38.4 Å². The van der Waals surface area contributed by atoms with E-state index in [-0.39, 0.29) is 25.7 Å². The molecular weight excluding hydrogens is 475 g/mol. The number of alkyl halides is 3. The van der Waals surface area contributed by atoms with Gasteiger partial charge >= 0.3 is 12.3 Å². The molecule has 1 saturated heterocycles. The third-order valence-electron chi connectivity index (χ3n) is 6.15. The van der Waals surface area contributed by atoms with Gasteiger partial charge in [-0.15, -0.1) is 0 Å². The fraction of sp³-hybridized carbons (Fsp3) is 0.409. The SMILES string of the molecule is Cc1cccc2c1N(C1CCN(S(=O)(=O)c3ccc(C(F)(F)F)cc3N(C)O)CC1)C(=O)OC2. The van der Waals surface area contributed by atoms with E-state index in [0.29, 0.717) is 30.0 Å². The number of piperidine rings is 1. The quantitative estimate of drug-likeness (QED) is 0.636. The van der Waals surface area contributed by atoms with Gasteiger partial charge in [-0.3, -0.25) is 15.2 Å². The molecule has 0 aromatic heterocycles. The first-order chi connectivity index (χ1) is 15.9. The number of para-hydroxylation sites is 1. The molecule has 2 aromatic carbocycles. The van der Waals surface area contributed by atoms with E-state index in [4.69, 9.17) is 4.74 Å². The van der Waals surface area contributed by atoms with E-state index in [1.54, 1.807) is 4.90 Å². The number of anilines is 2. The number of aryl methyl sites for hydroxylation is 1. The van der Waals surface area contributed by atoms with Crippen LogP contribution in [0.15, 0.2) is 41.3 Å². The standard InChI is InChI=1S/C22H24F3N3O5S/c1-14-4-3-5-15-13-33-21(29)28(20(14)15)17-8-10-27(11-9-17)34(31,32)19-7-6-16(22(23,24)25)12-18(19)26(2)30/h3-7,12,17,30H,8-11,13H2,1-2H3. The molecule has 0 spiro atoms. The molecule has 184 valence electrons. The summed E-state index contributed by atoms with van der Waals surface area (Å²) in [6.07, 6.45) is -4.56. The molecule has 1 amide bonds. The van der Waals surface area contributed by atoms with Gasteiger partial charge in [0.1, 0.15) is 11.5 Å². The molecule has 0 bridgehead atoms. The zero-order chi connectivity index (χ0) is 24.8. The van der Waals surface area contributed by atoms with Crippen LogP contribution in [0.25, 0.3) is 0 Å². The summed E-state index contributed by atoms with van der Waals surface area (Å²) in [5.74, 6) is 0. The van der Waals surface area contributed by atoms with E-state index in [9.17, 15) is 31.6 Å². The fourth-order valence-corrected chi connectivity index (χ4v) is 6.12. The average Bonchev–Trinajstić information content (AvgIpc) is 2.78. The fourth-order valence-electron chi connectivity index (χ4n) is 4.46. The van der Waals surface area contributed by atoms with E-state index in [1.165, 1.54) is 0 Å². The lowest BCUT2D eigenvalue weighted by atomic mass is 10.00. The molecule has 34 heavy (non-hydrogen) atoms. The van der Waals surface area contributed by atoms with Crippen molar-refractivity contribution in [2.45, 2.75) is 43.5 Å². The molecule has 0 saturated carbocycles. The van der Waals surface area contributed by atoms with Crippen LogP contribution in [0.1, 0.15) is 29.5 Å². The third-order valence-corrected chi connectivity index (χ3v) is 8.10. The van der Waals surface area contributed by atoms with Crippen LogP contribution in [-0.2, 0) is 27.5 Å². The Morgan fingerprint density at radius 2 is 1.82 bits per heavy atom. The van der Waals surface area contributed by atoms with Crippen molar-refractivity contribution < 1.29 is 36.3 Å². The number of hydrogen-bond donors (Lipinski definition) is 1. The molecule has 8 nitrogen and oxygen atoms in total. The first-order valence-electron chi connectivity index (χ1n) is 10.6. The van der Waals surface area contributed by atoms with Gasteiger partial charge < -0.3 is 4.74 Å².